The van der Waals surface area contributed by atoms with Crippen LogP contribution in [0.3, 0.4) is 0 Å². The molecule has 0 rings (SSSR count). The predicted octanol–water partition coefficient (Wildman–Crippen LogP) is 3.12. The van der Waals surface area contributed by atoms with Gasteiger partial charge in [0, 0.05) is 23.7 Å². The van der Waals surface area contributed by atoms with Gasteiger partial charge in [-0.15, -0.1) is 0 Å². The van der Waals surface area contributed by atoms with Gasteiger partial charge in [-0.25, -0.2) is 19.2 Å². The lowest BCUT2D eigenvalue weighted by atomic mass is 9.90. The van der Waals surface area contributed by atoms with E-state index in [4.69, 9.17) is 18.9 Å². The highest BCUT2D eigenvalue weighted by Gasteiger charge is 2.18. The summed E-state index contributed by atoms with van der Waals surface area (Å²) in [6.07, 6.45) is 0.403. The van der Waals surface area contributed by atoms with Crippen molar-refractivity contribution in [3.8, 4) is 0 Å². The first-order valence-electron chi connectivity index (χ1n) is 10.9. The van der Waals surface area contributed by atoms with Crippen LogP contribution in [-0.2, 0) is 28.5 Å². The fraction of sp³-hybridized carbons (Fsp3) is 0.652. The van der Waals surface area contributed by atoms with Gasteiger partial charge in [-0.2, -0.15) is 0 Å². The number of carbonyl (C=O) groups excluding carboxylic acids is 4. The number of carbonyl (C=O) groups is 4. The third-order valence-corrected chi connectivity index (χ3v) is 4.68. The molecule has 3 atom stereocenters. The van der Waals surface area contributed by atoms with E-state index in [9.17, 15) is 19.2 Å². The molecule has 2 amide bonds. The van der Waals surface area contributed by atoms with Crippen molar-refractivity contribution in [2.75, 3.05) is 33.0 Å². The summed E-state index contributed by atoms with van der Waals surface area (Å²) in [6, 6.07) is -0.127. The second-order valence-electron chi connectivity index (χ2n) is 8.07. The Morgan fingerprint density at radius 1 is 0.758 bits per heavy atom. The van der Waals surface area contributed by atoms with Gasteiger partial charge in [0.15, 0.2) is 0 Å². The van der Waals surface area contributed by atoms with Crippen molar-refractivity contribution in [3.63, 3.8) is 0 Å². The van der Waals surface area contributed by atoms with E-state index in [2.05, 4.69) is 30.7 Å². The number of rotatable bonds is 15. The van der Waals surface area contributed by atoms with Gasteiger partial charge in [0.1, 0.15) is 26.4 Å². The maximum absolute atomic E-state index is 11.9. The van der Waals surface area contributed by atoms with Gasteiger partial charge in [-0.05, 0) is 45.4 Å². The highest BCUT2D eigenvalue weighted by molar-refractivity contribution is 5.87. The number of amides is 2. The number of nitrogens with one attached hydrogen (secondary N) is 2. The van der Waals surface area contributed by atoms with Crippen molar-refractivity contribution in [1.29, 1.82) is 0 Å². The molecule has 10 nitrogen and oxygen atoms in total. The number of ether oxygens (including phenoxy) is 4. The average molecular weight is 471 g/mol. The van der Waals surface area contributed by atoms with Gasteiger partial charge in [0.2, 0.25) is 0 Å². The lowest BCUT2D eigenvalue weighted by Gasteiger charge is -2.24. The van der Waals surface area contributed by atoms with Gasteiger partial charge >= 0.3 is 24.1 Å². The third kappa shape index (κ3) is 15.4. The summed E-state index contributed by atoms with van der Waals surface area (Å²) in [4.78, 5) is 46.0. The maximum atomic E-state index is 11.9. The van der Waals surface area contributed by atoms with Crippen LogP contribution < -0.4 is 10.6 Å². The first kappa shape index (κ1) is 30.0. The molecule has 0 aliphatic rings. The topological polar surface area (TPSA) is 129 Å². The standard InChI is InChI=1S/C23H38N2O8/c1-15(2)20(26)30-10-12-32-22(28)24-9-8-17(5)14-18(6)19(7)25-23(29)33-13-11-31-21(27)16(3)4/h17-19H,1,3,8-14H2,2,4-7H3,(H,24,28)(H,25,29). The Labute approximate surface area is 196 Å². The Morgan fingerprint density at radius 3 is 1.70 bits per heavy atom. The van der Waals surface area contributed by atoms with Gasteiger partial charge in [0.25, 0.3) is 0 Å². The molecule has 0 aromatic heterocycles. The van der Waals surface area contributed by atoms with E-state index in [1.807, 2.05) is 13.8 Å². The highest BCUT2D eigenvalue weighted by atomic mass is 16.6. The molecule has 3 unspecified atom stereocenters. The van der Waals surface area contributed by atoms with Crippen LogP contribution in [0.1, 0.15) is 47.5 Å². The van der Waals surface area contributed by atoms with Gasteiger partial charge in [-0.1, -0.05) is 27.0 Å². The SMILES string of the molecule is C=C(C)C(=O)OCCOC(=O)NCCC(C)CC(C)C(C)NC(=O)OCCOC(=O)C(=C)C. The first-order valence-corrected chi connectivity index (χ1v) is 10.9. The van der Waals surface area contributed by atoms with Crippen LogP contribution in [0.4, 0.5) is 9.59 Å². The minimum atomic E-state index is -0.577. The summed E-state index contributed by atoms with van der Waals surface area (Å²) in [7, 11) is 0. The van der Waals surface area contributed by atoms with Crippen LogP contribution in [-0.4, -0.2) is 63.1 Å². The molecule has 0 aliphatic heterocycles. The monoisotopic (exact) mass is 470 g/mol. The van der Waals surface area contributed by atoms with Crippen molar-refractivity contribution in [2.24, 2.45) is 11.8 Å². The number of esters is 2. The zero-order valence-corrected chi connectivity index (χ0v) is 20.4. The molecule has 0 heterocycles. The lowest BCUT2D eigenvalue weighted by Crippen LogP contribution is -2.38. The predicted molar refractivity (Wildman–Crippen MR) is 122 cm³/mol. The highest BCUT2D eigenvalue weighted by Crippen LogP contribution is 2.18. The van der Waals surface area contributed by atoms with E-state index in [0.717, 1.165) is 12.8 Å². The van der Waals surface area contributed by atoms with E-state index in [1.165, 1.54) is 13.8 Å². The summed E-state index contributed by atoms with van der Waals surface area (Å²) >= 11 is 0. The Kier molecular flexibility index (Phi) is 15.0. The number of hydrogen-bond acceptors (Lipinski definition) is 8. The molecule has 0 fully saturated rings. The second kappa shape index (κ2) is 16.6. The Bertz CT molecular complexity index is 692. The average Bonchev–Trinajstić information content (AvgIpc) is 2.73. The fourth-order valence-corrected chi connectivity index (χ4v) is 2.58. The van der Waals surface area contributed by atoms with Crippen LogP contribution in [0.5, 0.6) is 0 Å². The summed E-state index contributed by atoms with van der Waals surface area (Å²) in [5.74, 6) is -0.591. The van der Waals surface area contributed by atoms with Crippen LogP contribution >= 0.6 is 0 Å². The Morgan fingerprint density at radius 2 is 1.21 bits per heavy atom. The summed E-state index contributed by atoms with van der Waals surface area (Å²) in [5, 5.41) is 5.42. The normalized spacial score (nSPS) is 13.0. The van der Waals surface area contributed by atoms with Crippen LogP contribution in [0, 0.1) is 11.8 Å². The fourth-order valence-electron chi connectivity index (χ4n) is 2.58. The van der Waals surface area contributed by atoms with E-state index in [0.29, 0.717) is 12.5 Å². The molecule has 33 heavy (non-hydrogen) atoms. The second-order valence-corrected chi connectivity index (χ2v) is 8.07. The van der Waals surface area contributed by atoms with Crippen molar-refractivity contribution >= 4 is 24.1 Å². The summed E-state index contributed by atoms with van der Waals surface area (Å²) in [6.45, 7) is 16.3. The molecular formula is C23H38N2O8. The molecule has 0 aromatic carbocycles. The van der Waals surface area contributed by atoms with Crippen molar-refractivity contribution in [2.45, 2.75) is 53.5 Å². The zero-order valence-electron chi connectivity index (χ0n) is 20.4. The molecule has 0 aliphatic carbocycles. The minimum absolute atomic E-state index is 0.0278. The lowest BCUT2D eigenvalue weighted by molar-refractivity contribution is -0.140. The van der Waals surface area contributed by atoms with Gasteiger partial charge in [0.05, 0.1) is 0 Å². The molecular weight excluding hydrogens is 432 g/mol. The van der Waals surface area contributed by atoms with Crippen molar-refractivity contribution < 1.29 is 38.1 Å². The molecule has 2 N–H and O–H groups in total. The molecule has 0 bridgehead atoms. The molecule has 0 saturated carbocycles. The zero-order chi connectivity index (χ0) is 25.4. The van der Waals surface area contributed by atoms with Crippen molar-refractivity contribution in [1.82, 2.24) is 10.6 Å². The first-order chi connectivity index (χ1) is 15.4. The number of alkyl carbamates (subject to hydrolysis) is 2. The van der Waals surface area contributed by atoms with Crippen LogP contribution in [0.2, 0.25) is 0 Å². The van der Waals surface area contributed by atoms with Crippen LogP contribution in [0.15, 0.2) is 24.3 Å². The Hall–Kier alpha value is -3.04. The quantitative estimate of drug-likeness (QED) is 0.162. The van der Waals surface area contributed by atoms with E-state index < -0.39 is 24.1 Å². The molecule has 0 spiro atoms. The summed E-state index contributed by atoms with van der Waals surface area (Å²) in [5.41, 5.74) is 0.565. The van der Waals surface area contributed by atoms with Gasteiger partial charge in [-0.3, -0.25) is 0 Å². The van der Waals surface area contributed by atoms with Gasteiger partial charge < -0.3 is 29.6 Å². The van der Waals surface area contributed by atoms with E-state index in [-0.39, 0.29) is 49.5 Å². The van der Waals surface area contributed by atoms with Crippen LogP contribution in [0.25, 0.3) is 0 Å². The molecule has 0 radical (unpaired) electrons. The Balaban J connectivity index is 3.95. The summed E-state index contributed by atoms with van der Waals surface area (Å²) < 4.78 is 19.6. The smallest absolute Gasteiger partial charge is 0.407 e. The molecule has 188 valence electrons. The number of hydrogen-bond donors (Lipinski definition) is 2. The minimum Gasteiger partial charge on any atom is -0.459 e. The maximum Gasteiger partial charge on any atom is 0.407 e. The molecule has 10 heteroatoms. The van der Waals surface area contributed by atoms with Crippen molar-refractivity contribution in [3.05, 3.63) is 24.3 Å². The molecule has 0 saturated heterocycles. The molecule has 0 aromatic rings. The van der Waals surface area contributed by atoms with E-state index >= 15 is 0 Å². The largest absolute Gasteiger partial charge is 0.459 e. The third-order valence-electron chi connectivity index (χ3n) is 4.68. The van der Waals surface area contributed by atoms with E-state index in [1.54, 1.807) is 0 Å².